The molecule has 0 aliphatic heterocycles. The molecule has 0 aromatic heterocycles. The van der Waals surface area contributed by atoms with Crippen molar-refractivity contribution in [2.24, 2.45) is 5.92 Å². The lowest BCUT2D eigenvalue weighted by atomic mass is 10.2. The molecule has 2 nitrogen and oxygen atoms in total. The summed E-state index contributed by atoms with van der Waals surface area (Å²) in [7, 11) is 0. The number of carbonyl (C=O) groups excluding carboxylic acids is 1. The fourth-order valence-corrected chi connectivity index (χ4v) is 1.17. The summed E-state index contributed by atoms with van der Waals surface area (Å²) >= 11 is 3.37. The molecule has 76 valence electrons. The lowest BCUT2D eigenvalue weighted by molar-refractivity contribution is 0.111. The molecule has 0 N–H and O–H groups in total. The Morgan fingerprint density at radius 2 is 2.21 bits per heavy atom. The molecule has 0 fully saturated rings. The van der Waals surface area contributed by atoms with E-state index in [-0.39, 0.29) is 0 Å². The van der Waals surface area contributed by atoms with Gasteiger partial charge in [0.05, 0.1) is 12.2 Å². The first-order valence-electron chi connectivity index (χ1n) is 4.51. The topological polar surface area (TPSA) is 26.3 Å². The van der Waals surface area contributed by atoms with Gasteiger partial charge in [-0.15, -0.1) is 0 Å². The van der Waals surface area contributed by atoms with Gasteiger partial charge in [0, 0.05) is 5.33 Å². The number of halogens is 1. The largest absolute Gasteiger partial charge is 0.493 e. The van der Waals surface area contributed by atoms with Crippen molar-refractivity contribution < 1.29 is 9.53 Å². The van der Waals surface area contributed by atoms with Gasteiger partial charge in [-0.2, -0.15) is 0 Å². The third-order valence-electron chi connectivity index (χ3n) is 1.83. The Balaban J connectivity index is 2.61. The Morgan fingerprint density at radius 3 is 2.86 bits per heavy atom. The van der Waals surface area contributed by atoms with Crippen LogP contribution in [-0.4, -0.2) is 18.2 Å². The number of aldehydes is 1. The molecular formula is C11H13BrO2. The SMILES string of the molecule is CC(CBr)COc1ccccc1C=O. The number of ether oxygens (including phenoxy) is 1. The van der Waals surface area contributed by atoms with Crippen molar-refractivity contribution in [2.45, 2.75) is 6.92 Å². The van der Waals surface area contributed by atoms with Gasteiger partial charge in [-0.05, 0) is 18.1 Å². The van der Waals surface area contributed by atoms with Gasteiger partial charge in [0.2, 0.25) is 0 Å². The second kappa shape index (κ2) is 5.81. The normalized spacial score (nSPS) is 12.1. The van der Waals surface area contributed by atoms with Gasteiger partial charge in [-0.25, -0.2) is 0 Å². The molecule has 14 heavy (non-hydrogen) atoms. The van der Waals surface area contributed by atoms with Gasteiger partial charge in [0.25, 0.3) is 0 Å². The molecule has 0 bridgehead atoms. The third-order valence-corrected chi connectivity index (χ3v) is 2.94. The van der Waals surface area contributed by atoms with Gasteiger partial charge in [0.15, 0.2) is 6.29 Å². The average Bonchev–Trinajstić information content (AvgIpc) is 2.26. The number of hydrogen-bond acceptors (Lipinski definition) is 2. The summed E-state index contributed by atoms with van der Waals surface area (Å²) in [5, 5.41) is 0.899. The lowest BCUT2D eigenvalue weighted by Crippen LogP contribution is -2.10. The Hall–Kier alpha value is -0.830. The zero-order chi connectivity index (χ0) is 10.4. The van der Waals surface area contributed by atoms with E-state index in [1.165, 1.54) is 0 Å². The van der Waals surface area contributed by atoms with Crippen molar-refractivity contribution in [3.05, 3.63) is 29.8 Å². The molecule has 0 radical (unpaired) electrons. The maximum Gasteiger partial charge on any atom is 0.153 e. The number of rotatable bonds is 5. The van der Waals surface area contributed by atoms with Crippen LogP contribution in [0.1, 0.15) is 17.3 Å². The van der Waals surface area contributed by atoms with E-state index in [2.05, 4.69) is 22.9 Å². The van der Waals surface area contributed by atoms with E-state index < -0.39 is 0 Å². The molecule has 0 heterocycles. The Morgan fingerprint density at radius 1 is 1.50 bits per heavy atom. The van der Waals surface area contributed by atoms with Crippen LogP contribution in [0.25, 0.3) is 0 Å². The van der Waals surface area contributed by atoms with E-state index in [9.17, 15) is 4.79 Å². The fourth-order valence-electron chi connectivity index (χ4n) is 0.986. The van der Waals surface area contributed by atoms with Crippen molar-refractivity contribution >= 4 is 22.2 Å². The summed E-state index contributed by atoms with van der Waals surface area (Å²) in [6.45, 7) is 2.70. The molecule has 1 rings (SSSR count). The molecule has 0 spiro atoms. The lowest BCUT2D eigenvalue weighted by Gasteiger charge is -2.11. The number of hydrogen-bond donors (Lipinski definition) is 0. The van der Waals surface area contributed by atoms with E-state index in [1.807, 2.05) is 18.2 Å². The van der Waals surface area contributed by atoms with Crippen LogP contribution in [0.4, 0.5) is 0 Å². The molecule has 0 amide bonds. The molecule has 1 aromatic carbocycles. The Bertz CT molecular complexity index is 299. The quantitative estimate of drug-likeness (QED) is 0.598. The average molecular weight is 257 g/mol. The number of alkyl halides is 1. The molecule has 0 saturated heterocycles. The molecule has 1 unspecified atom stereocenters. The smallest absolute Gasteiger partial charge is 0.153 e. The number of carbonyl (C=O) groups is 1. The van der Waals surface area contributed by atoms with Gasteiger partial charge in [0.1, 0.15) is 5.75 Å². The van der Waals surface area contributed by atoms with Crippen molar-refractivity contribution in [2.75, 3.05) is 11.9 Å². The van der Waals surface area contributed by atoms with E-state index in [0.717, 1.165) is 11.6 Å². The predicted octanol–water partition coefficient (Wildman–Crippen LogP) is 2.91. The fraction of sp³-hybridized carbons (Fsp3) is 0.364. The van der Waals surface area contributed by atoms with Crippen molar-refractivity contribution in [1.29, 1.82) is 0 Å². The first kappa shape index (κ1) is 11.2. The highest BCUT2D eigenvalue weighted by atomic mass is 79.9. The van der Waals surface area contributed by atoms with E-state index in [1.54, 1.807) is 6.07 Å². The van der Waals surface area contributed by atoms with Crippen molar-refractivity contribution in [3.63, 3.8) is 0 Å². The minimum atomic E-state index is 0.440. The summed E-state index contributed by atoms with van der Waals surface area (Å²) in [6.07, 6.45) is 0.814. The van der Waals surface area contributed by atoms with Crippen LogP contribution in [0.15, 0.2) is 24.3 Å². The first-order valence-corrected chi connectivity index (χ1v) is 5.63. The molecule has 3 heteroatoms. The van der Waals surface area contributed by atoms with Crippen molar-refractivity contribution in [3.8, 4) is 5.75 Å². The van der Waals surface area contributed by atoms with Crippen molar-refractivity contribution in [1.82, 2.24) is 0 Å². The minimum Gasteiger partial charge on any atom is -0.493 e. The first-order chi connectivity index (χ1) is 6.77. The Labute approximate surface area is 92.4 Å². The second-order valence-corrected chi connectivity index (χ2v) is 3.87. The maximum absolute atomic E-state index is 10.7. The number of para-hydroxylation sites is 1. The van der Waals surface area contributed by atoms with Crippen LogP contribution in [0.2, 0.25) is 0 Å². The minimum absolute atomic E-state index is 0.440. The highest BCUT2D eigenvalue weighted by molar-refractivity contribution is 9.09. The third kappa shape index (κ3) is 3.14. The zero-order valence-electron chi connectivity index (χ0n) is 8.07. The summed E-state index contributed by atoms with van der Waals surface area (Å²) < 4.78 is 5.52. The van der Waals surface area contributed by atoms with Gasteiger partial charge >= 0.3 is 0 Å². The summed E-state index contributed by atoms with van der Waals surface area (Å²) in [4.78, 5) is 10.7. The van der Waals surface area contributed by atoms with Crippen LogP contribution >= 0.6 is 15.9 Å². The molecule has 0 aliphatic carbocycles. The highest BCUT2D eigenvalue weighted by Crippen LogP contribution is 2.16. The predicted molar refractivity (Wildman–Crippen MR) is 60.3 cm³/mol. The Kier molecular flexibility index (Phi) is 4.66. The van der Waals surface area contributed by atoms with E-state index in [4.69, 9.17) is 4.74 Å². The van der Waals surface area contributed by atoms with E-state index >= 15 is 0 Å². The molecule has 1 atom stereocenters. The van der Waals surface area contributed by atoms with Crippen LogP contribution in [0.5, 0.6) is 5.75 Å². The number of benzene rings is 1. The van der Waals surface area contributed by atoms with E-state index in [0.29, 0.717) is 23.8 Å². The zero-order valence-corrected chi connectivity index (χ0v) is 9.66. The summed E-state index contributed by atoms with van der Waals surface area (Å²) in [5.41, 5.74) is 0.606. The van der Waals surface area contributed by atoms with Gasteiger partial charge in [-0.1, -0.05) is 35.0 Å². The van der Waals surface area contributed by atoms with Crippen LogP contribution in [-0.2, 0) is 0 Å². The van der Waals surface area contributed by atoms with Crippen LogP contribution in [0.3, 0.4) is 0 Å². The van der Waals surface area contributed by atoms with Crippen LogP contribution < -0.4 is 4.74 Å². The van der Waals surface area contributed by atoms with Gasteiger partial charge in [-0.3, -0.25) is 4.79 Å². The standard InChI is InChI=1S/C11H13BrO2/c1-9(6-12)8-14-11-5-3-2-4-10(11)7-13/h2-5,7,9H,6,8H2,1H3. The van der Waals surface area contributed by atoms with Crippen LogP contribution in [0, 0.1) is 5.92 Å². The highest BCUT2D eigenvalue weighted by Gasteiger charge is 2.04. The molecular weight excluding hydrogens is 244 g/mol. The molecule has 1 aromatic rings. The monoisotopic (exact) mass is 256 g/mol. The molecule has 0 saturated carbocycles. The summed E-state index contributed by atoms with van der Waals surface area (Å²) in [5.74, 6) is 1.10. The second-order valence-electron chi connectivity index (χ2n) is 3.23. The maximum atomic E-state index is 10.7. The van der Waals surface area contributed by atoms with Gasteiger partial charge < -0.3 is 4.74 Å². The summed E-state index contributed by atoms with van der Waals surface area (Å²) in [6, 6.07) is 7.25. The molecule has 0 aliphatic rings.